The van der Waals surface area contributed by atoms with Crippen molar-refractivity contribution in [1.29, 1.82) is 0 Å². The maximum atomic E-state index is 11.6. The molecule has 0 unspecified atom stereocenters. The number of hydrogen-bond acceptors (Lipinski definition) is 5. The zero-order valence-corrected chi connectivity index (χ0v) is 11.7. The van der Waals surface area contributed by atoms with E-state index >= 15 is 0 Å². The van der Waals surface area contributed by atoms with Gasteiger partial charge in [0.15, 0.2) is 0 Å². The topological polar surface area (TPSA) is 71.2 Å². The molecule has 0 bridgehead atoms. The van der Waals surface area contributed by atoms with Crippen molar-refractivity contribution in [1.82, 2.24) is 9.69 Å². The van der Waals surface area contributed by atoms with Crippen molar-refractivity contribution in [2.75, 3.05) is 30.8 Å². The SMILES string of the molecule is CCCN(CC(=O)NC)c1snc(N)c1C1CC1. The quantitative estimate of drug-likeness (QED) is 0.821. The van der Waals surface area contributed by atoms with Crippen molar-refractivity contribution >= 4 is 28.3 Å². The number of carbonyl (C=O) groups is 1. The summed E-state index contributed by atoms with van der Waals surface area (Å²) >= 11 is 1.42. The van der Waals surface area contributed by atoms with E-state index in [1.54, 1.807) is 7.05 Å². The molecule has 0 aromatic carbocycles. The number of likely N-dealkylation sites (N-methyl/N-ethyl adjacent to an activating group) is 1. The summed E-state index contributed by atoms with van der Waals surface area (Å²) in [5, 5.41) is 3.75. The van der Waals surface area contributed by atoms with E-state index in [1.165, 1.54) is 24.4 Å². The van der Waals surface area contributed by atoms with Crippen molar-refractivity contribution < 1.29 is 4.79 Å². The number of aromatic nitrogens is 1. The predicted octanol–water partition coefficient (Wildman–Crippen LogP) is 1.57. The second-order valence-electron chi connectivity index (χ2n) is 4.66. The molecule has 0 aliphatic heterocycles. The molecule has 2 rings (SSSR count). The monoisotopic (exact) mass is 268 g/mol. The lowest BCUT2D eigenvalue weighted by atomic mass is 10.2. The van der Waals surface area contributed by atoms with Crippen LogP contribution in [-0.2, 0) is 4.79 Å². The minimum absolute atomic E-state index is 0.0252. The summed E-state index contributed by atoms with van der Waals surface area (Å²) in [7, 11) is 1.66. The van der Waals surface area contributed by atoms with Crippen molar-refractivity contribution in [3.05, 3.63) is 5.56 Å². The van der Waals surface area contributed by atoms with Crippen molar-refractivity contribution in [2.24, 2.45) is 0 Å². The highest BCUT2D eigenvalue weighted by Gasteiger charge is 2.32. The Bertz CT molecular complexity index is 428. The van der Waals surface area contributed by atoms with Crippen molar-refractivity contribution in [2.45, 2.75) is 32.1 Å². The molecule has 1 aromatic heterocycles. The van der Waals surface area contributed by atoms with Gasteiger partial charge in [0.05, 0.1) is 6.54 Å². The average Bonchev–Trinajstić information content (AvgIpc) is 3.12. The standard InChI is InChI=1S/C12H20N4OS/c1-3-6-16(7-9(17)14-2)12-10(8-4-5-8)11(13)15-18-12/h8H,3-7H2,1-2H3,(H2,13,15)(H,14,17). The van der Waals surface area contributed by atoms with Crippen LogP contribution in [0.15, 0.2) is 0 Å². The van der Waals surface area contributed by atoms with Gasteiger partial charge in [0.2, 0.25) is 5.91 Å². The summed E-state index contributed by atoms with van der Waals surface area (Å²) in [6, 6.07) is 0. The van der Waals surface area contributed by atoms with Crippen LogP contribution in [0.5, 0.6) is 0 Å². The largest absolute Gasteiger partial charge is 0.383 e. The minimum Gasteiger partial charge on any atom is -0.383 e. The third kappa shape index (κ3) is 2.75. The number of amides is 1. The highest BCUT2D eigenvalue weighted by molar-refractivity contribution is 7.10. The van der Waals surface area contributed by atoms with E-state index in [4.69, 9.17) is 5.73 Å². The molecule has 1 amide bonds. The van der Waals surface area contributed by atoms with E-state index in [9.17, 15) is 4.79 Å². The molecule has 1 heterocycles. The first-order chi connectivity index (χ1) is 8.67. The van der Waals surface area contributed by atoms with Crippen molar-refractivity contribution in [3.8, 4) is 0 Å². The molecule has 18 heavy (non-hydrogen) atoms. The molecule has 0 radical (unpaired) electrons. The Labute approximate surface area is 112 Å². The summed E-state index contributed by atoms with van der Waals surface area (Å²) in [6.07, 6.45) is 3.38. The van der Waals surface area contributed by atoms with Gasteiger partial charge in [-0.15, -0.1) is 0 Å². The Hall–Kier alpha value is -1.30. The Morgan fingerprint density at radius 3 is 2.89 bits per heavy atom. The Morgan fingerprint density at radius 1 is 1.61 bits per heavy atom. The number of nitrogens with zero attached hydrogens (tertiary/aromatic N) is 2. The van der Waals surface area contributed by atoms with Gasteiger partial charge in [-0.25, -0.2) is 0 Å². The summed E-state index contributed by atoms with van der Waals surface area (Å²) in [4.78, 5) is 13.7. The number of nitrogens with two attached hydrogens (primary N) is 1. The third-order valence-electron chi connectivity index (χ3n) is 3.12. The molecule has 1 aliphatic rings. The molecule has 3 N–H and O–H groups in total. The molecule has 0 atom stereocenters. The van der Waals surface area contributed by atoms with Crippen LogP contribution in [0.3, 0.4) is 0 Å². The van der Waals surface area contributed by atoms with Crippen LogP contribution in [-0.4, -0.2) is 30.4 Å². The fraction of sp³-hybridized carbons (Fsp3) is 0.667. The van der Waals surface area contributed by atoms with Crippen LogP contribution in [0, 0.1) is 0 Å². The summed E-state index contributed by atoms with van der Waals surface area (Å²) in [5.41, 5.74) is 7.12. The molecule has 1 fully saturated rings. The molecule has 0 saturated heterocycles. The second kappa shape index (κ2) is 5.56. The zero-order chi connectivity index (χ0) is 13.1. The first-order valence-corrected chi connectivity index (χ1v) is 7.15. The van der Waals surface area contributed by atoms with E-state index < -0.39 is 0 Å². The van der Waals surface area contributed by atoms with Crippen LogP contribution in [0.4, 0.5) is 10.8 Å². The molecular weight excluding hydrogens is 248 g/mol. The van der Waals surface area contributed by atoms with E-state index in [0.717, 1.165) is 23.5 Å². The number of nitrogens with one attached hydrogen (secondary N) is 1. The van der Waals surface area contributed by atoms with E-state index in [2.05, 4.69) is 21.5 Å². The van der Waals surface area contributed by atoms with Gasteiger partial charge < -0.3 is 16.0 Å². The van der Waals surface area contributed by atoms with Gasteiger partial charge in [-0.3, -0.25) is 4.79 Å². The third-order valence-corrected chi connectivity index (χ3v) is 4.06. The Morgan fingerprint density at radius 2 is 2.33 bits per heavy atom. The van der Waals surface area contributed by atoms with Crippen LogP contribution >= 0.6 is 11.5 Å². The van der Waals surface area contributed by atoms with Gasteiger partial charge in [0, 0.05) is 19.2 Å². The summed E-state index contributed by atoms with van der Waals surface area (Å²) in [6.45, 7) is 3.35. The lowest BCUT2D eigenvalue weighted by molar-refractivity contribution is -0.119. The van der Waals surface area contributed by atoms with Crippen LogP contribution in [0.1, 0.15) is 37.7 Å². The highest BCUT2D eigenvalue weighted by atomic mass is 32.1. The van der Waals surface area contributed by atoms with Crippen LogP contribution < -0.4 is 16.0 Å². The molecule has 0 spiro atoms. The van der Waals surface area contributed by atoms with Gasteiger partial charge in [0.25, 0.3) is 0 Å². The molecule has 6 heteroatoms. The van der Waals surface area contributed by atoms with E-state index in [0.29, 0.717) is 18.3 Å². The summed E-state index contributed by atoms with van der Waals surface area (Å²) < 4.78 is 4.26. The average molecular weight is 268 g/mol. The lowest BCUT2D eigenvalue weighted by Gasteiger charge is -2.22. The first-order valence-electron chi connectivity index (χ1n) is 6.37. The van der Waals surface area contributed by atoms with Gasteiger partial charge >= 0.3 is 0 Å². The molecule has 5 nitrogen and oxygen atoms in total. The van der Waals surface area contributed by atoms with Gasteiger partial charge in [-0.1, -0.05) is 6.92 Å². The normalized spacial score (nSPS) is 14.6. The zero-order valence-electron chi connectivity index (χ0n) is 10.9. The fourth-order valence-corrected chi connectivity index (χ4v) is 2.98. The number of anilines is 2. The van der Waals surface area contributed by atoms with Crippen molar-refractivity contribution in [3.63, 3.8) is 0 Å². The summed E-state index contributed by atoms with van der Waals surface area (Å²) in [5.74, 6) is 1.23. The van der Waals surface area contributed by atoms with Crippen LogP contribution in [0.25, 0.3) is 0 Å². The number of hydrogen-bond donors (Lipinski definition) is 2. The first kappa shape index (κ1) is 13.1. The number of carbonyl (C=O) groups excluding carboxylic acids is 1. The second-order valence-corrected chi connectivity index (χ2v) is 5.41. The predicted molar refractivity (Wildman–Crippen MR) is 75.1 cm³/mol. The van der Waals surface area contributed by atoms with E-state index in [-0.39, 0.29) is 5.91 Å². The molecular formula is C12H20N4OS. The lowest BCUT2D eigenvalue weighted by Crippen LogP contribution is -2.36. The Kier molecular flexibility index (Phi) is 4.06. The molecule has 100 valence electrons. The maximum Gasteiger partial charge on any atom is 0.239 e. The van der Waals surface area contributed by atoms with E-state index in [1.807, 2.05) is 0 Å². The van der Waals surface area contributed by atoms with Gasteiger partial charge in [-0.2, -0.15) is 4.37 Å². The highest BCUT2D eigenvalue weighted by Crippen LogP contribution is 2.48. The number of nitrogen functional groups attached to an aromatic ring is 1. The Balaban J connectivity index is 2.21. The molecule has 1 saturated carbocycles. The fourth-order valence-electron chi connectivity index (χ4n) is 2.06. The van der Waals surface area contributed by atoms with Crippen LogP contribution in [0.2, 0.25) is 0 Å². The number of rotatable bonds is 6. The van der Waals surface area contributed by atoms with Gasteiger partial charge in [0.1, 0.15) is 10.8 Å². The molecule has 1 aromatic rings. The maximum absolute atomic E-state index is 11.6. The minimum atomic E-state index is 0.0252. The smallest absolute Gasteiger partial charge is 0.239 e. The molecule has 1 aliphatic carbocycles. The van der Waals surface area contributed by atoms with Gasteiger partial charge in [-0.05, 0) is 36.7 Å².